The normalized spacial score (nSPS) is 19.9. The smallest absolute Gasteiger partial charge is 0.352 e. The van der Waals surface area contributed by atoms with E-state index in [9.17, 15) is 19.5 Å². The van der Waals surface area contributed by atoms with E-state index in [1.54, 1.807) is 5.38 Å². The van der Waals surface area contributed by atoms with E-state index in [1.165, 1.54) is 21.3 Å². The van der Waals surface area contributed by atoms with Crippen molar-refractivity contribution < 1.29 is 19.5 Å². The number of aliphatic carboxylic acids is 1. The van der Waals surface area contributed by atoms with Crippen LogP contribution >= 0.6 is 46.5 Å². The summed E-state index contributed by atoms with van der Waals surface area (Å²) in [6, 6.07) is 1.01. The van der Waals surface area contributed by atoms with Gasteiger partial charge in [-0.2, -0.15) is 5.26 Å². The molecule has 0 aliphatic carbocycles. The molecule has 17 heteroatoms. The van der Waals surface area contributed by atoms with Crippen LogP contribution in [0.1, 0.15) is 5.69 Å². The van der Waals surface area contributed by atoms with Gasteiger partial charge in [0.25, 0.3) is 11.8 Å². The first kappa shape index (κ1) is 24.0. The number of halogens is 1. The van der Waals surface area contributed by atoms with Gasteiger partial charge < -0.3 is 16.2 Å². The average Bonchev–Trinajstić information content (AvgIpc) is 3.44. The number of nitrogens with two attached hydrogens (primary N) is 1. The van der Waals surface area contributed by atoms with E-state index in [2.05, 4.69) is 25.8 Å². The minimum Gasteiger partial charge on any atom is -0.477 e. The first-order chi connectivity index (χ1) is 16.3. The topological polar surface area (TPSA) is 193 Å². The van der Waals surface area contributed by atoms with E-state index in [0.717, 1.165) is 28.6 Å². The molecule has 0 spiro atoms. The molecule has 0 radical (unpaired) electrons. The molecule has 4 rings (SSSR count). The number of carbonyl (C=O) groups is 3. The summed E-state index contributed by atoms with van der Waals surface area (Å²) < 4.78 is 1.29. The van der Waals surface area contributed by atoms with Crippen LogP contribution in [-0.4, -0.2) is 75.9 Å². The first-order valence-corrected chi connectivity index (χ1v) is 12.7. The van der Waals surface area contributed by atoms with Crippen LogP contribution in [-0.2, 0) is 20.9 Å². The number of nitrogen functional groups attached to an aromatic ring is 1. The number of thiazole rings is 1. The third kappa shape index (κ3) is 4.46. The summed E-state index contributed by atoms with van der Waals surface area (Å²) in [5.74, 6) is -1.90. The molecule has 1 saturated heterocycles. The number of thioether (sulfide) groups is 2. The Hall–Kier alpha value is -3.13. The molecule has 2 atom stereocenters. The monoisotopic (exact) mass is 539 g/mol. The van der Waals surface area contributed by atoms with Crippen LogP contribution in [0.3, 0.4) is 0 Å². The fourth-order valence-electron chi connectivity index (χ4n) is 3.26. The number of nitriles is 1. The number of carboxylic acids is 1. The van der Waals surface area contributed by atoms with Crippen LogP contribution in [0.15, 0.2) is 27.3 Å². The maximum atomic E-state index is 12.9. The number of aromatic nitrogens is 5. The van der Waals surface area contributed by atoms with Gasteiger partial charge in [0.1, 0.15) is 23.7 Å². The second-order valence-electron chi connectivity index (χ2n) is 6.78. The number of hydrogen-bond donors (Lipinski definition) is 3. The Morgan fingerprint density at radius 2 is 2.29 bits per heavy atom. The Morgan fingerprint density at radius 1 is 1.50 bits per heavy atom. The van der Waals surface area contributed by atoms with Crippen molar-refractivity contribution >= 4 is 74.9 Å². The van der Waals surface area contributed by atoms with Crippen molar-refractivity contribution in [2.75, 3.05) is 17.2 Å². The number of anilines is 1. The van der Waals surface area contributed by atoms with Gasteiger partial charge in [-0.15, -0.1) is 28.2 Å². The van der Waals surface area contributed by atoms with E-state index in [1.807, 2.05) is 6.07 Å². The highest BCUT2D eigenvalue weighted by Gasteiger charge is 2.54. The van der Waals surface area contributed by atoms with Gasteiger partial charge in [0, 0.05) is 22.4 Å². The summed E-state index contributed by atoms with van der Waals surface area (Å²) in [6.45, 7) is -0.0464. The van der Waals surface area contributed by atoms with Crippen LogP contribution < -0.4 is 11.1 Å². The number of rotatable bonds is 8. The molecule has 2 amide bonds. The van der Waals surface area contributed by atoms with Crippen molar-refractivity contribution in [2.24, 2.45) is 0 Å². The summed E-state index contributed by atoms with van der Waals surface area (Å²) in [7, 11) is 0. The SMILES string of the molecule is N#CCn1nnnc1SCC1=C(C(=O)O)N2C(=O)C(NC(=O)C(=CCl)c3csc(N)n3)[C@@H]2SC1. The molecule has 0 bridgehead atoms. The zero-order valence-corrected chi connectivity index (χ0v) is 20.1. The number of carbonyl (C=O) groups excluding carboxylic acids is 2. The van der Waals surface area contributed by atoms with Gasteiger partial charge in [-0.25, -0.2) is 14.5 Å². The summed E-state index contributed by atoms with van der Waals surface area (Å²) in [5.41, 5.74) is 7.35. The van der Waals surface area contributed by atoms with Crippen molar-refractivity contribution in [3.63, 3.8) is 0 Å². The molecule has 2 aromatic heterocycles. The lowest BCUT2D eigenvalue weighted by molar-refractivity contribution is -0.150. The lowest BCUT2D eigenvalue weighted by Gasteiger charge is -2.49. The molecule has 13 nitrogen and oxygen atoms in total. The molecule has 2 aliphatic heterocycles. The van der Waals surface area contributed by atoms with Gasteiger partial charge >= 0.3 is 5.97 Å². The molecule has 2 aromatic rings. The first-order valence-electron chi connectivity index (χ1n) is 9.34. The number of nitrogens with zero attached hydrogens (tertiary/aromatic N) is 7. The Labute approximate surface area is 209 Å². The van der Waals surface area contributed by atoms with Crippen LogP contribution in [0, 0.1) is 11.3 Å². The van der Waals surface area contributed by atoms with E-state index >= 15 is 0 Å². The fourth-order valence-corrected chi connectivity index (χ4v) is 6.40. The van der Waals surface area contributed by atoms with E-state index in [-0.39, 0.29) is 34.4 Å². The summed E-state index contributed by atoms with van der Waals surface area (Å²) in [5, 5.41) is 33.9. The molecule has 4 N–H and O–H groups in total. The van der Waals surface area contributed by atoms with Gasteiger partial charge in [-0.1, -0.05) is 23.4 Å². The molecule has 1 unspecified atom stereocenters. The van der Waals surface area contributed by atoms with E-state index < -0.39 is 29.2 Å². The Bertz CT molecular complexity index is 1270. The lowest BCUT2D eigenvalue weighted by Crippen LogP contribution is -2.70. The maximum Gasteiger partial charge on any atom is 0.352 e. The standard InChI is InChI=1S/C17H14ClN9O4S3/c18-3-8(9-6-33-16(20)21-9)12(28)22-10-13(29)27-11(15(30)31)7(4-32-14(10)27)5-34-17-23-24-25-26(17)2-1-19/h3,6,10,14H,2,4-5H2,(H2,20,21)(H,22,28)(H,30,31)/t10?,14-/m0/s1. The maximum absolute atomic E-state index is 12.9. The van der Waals surface area contributed by atoms with Crippen LogP contribution in [0.2, 0.25) is 0 Å². The van der Waals surface area contributed by atoms with Crippen LogP contribution in [0.4, 0.5) is 5.13 Å². The predicted molar refractivity (Wildman–Crippen MR) is 124 cm³/mol. The van der Waals surface area contributed by atoms with Gasteiger partial charge in [-0.3, -0.25) is 14.5 Å². The summed E-state index contributed by atoms with van der Waals surface area (Å²) in [6.07, 6.45) is 0. The molecule has 34 heavy (non-hydrogen) atoms. The summed E-state index contributed by atoms with van der Waals surface area (Å²) >= 11 is 9.42. The minimum atomic E-state index is -1.25. The zero-order valence-electron chi connectivity index (χ0n) is 16.9. The van der Waals surface area contributed by atoms with Crippen molar-refractivity contribution in [1.29, 1.82) is 5.26 Å². The number of tetrazole rings is 1. The minimum absolute atomic E-state index is 0.0443. The molecule has 1 fully saturated rings. The highest BCUT2D eigenvalue weighted by molar-refractivity contribution is 8.01. The van der Waals surface area contributed by atoms with Gasteiger partial charge in [0.05, 0.1) is 17.3 Å². The van der Waals surface area contributed by atoms with Gasteiger partial charge in [0.2, 0.25) is 5.16 Å². The largest absolute Gasteiger partial charge is 0.477 e. The molecule has 2 aliphatic rings. The second-order valence-corrected chi connectivity index (χ2v) is 9.93. The van der Waals surface area contributed by atoms with Gasteiger partial charge in [-0.05, 0) is 16.0 Å². The fraction of sp³-hybridized carbons (Fsp3) is 0.294. The van der Waals surface area contributed by atoms with Crippen molar-refractivity contribution in [2.45, 2.75) is 23.1 Å². The molecular weight excluding hydrogens is 526 g/mol. The molecule has 0 aromatic carbocycles. The van der Waals surface area contributed by atoms with E-state index in [4.69, 9.17) is 22.6 Å². The molecule has 4 heterocycles. The number of amides is 2. The van der Waals surface area contributed by atoms with Crippen LogP contribution in [0.5, 0.6) is 0 Å². The van der Waals surface area contributed by atoms with Crippen LogP contribution in [0.25, 0.3) is 5.57 Å². The number of fused-ring (bicyclic) bond motifs is 1. The number of hydrogen-bond acceptors (Lipinski definition) is 12. The zero-order chi connectivity index (χ0) is 24.4. The Balaban J connectivity index is 1.48. The third-order valence-electron chi connectivity index (χ3n) is 4.78. The Morgan fingerprint density at radius 3 is 2.94 bits per heavy atom. The highest BCUT2D eigenvalue weighted by Crippen LogP contribution is 2.41. The number of carboxylic acid groups (broad SMARTS) is 1. The molecular formula is C17H14ClN9O4S3. The van der Waals surface area contributed by atoms with Gasteiger partial charge in [0.15, 0.2) is 5.13 Å². The van der Waals surface area contributed by atoms with E-state index in [0.29, 0.717) is 16.5 Å². The third-order valence-corrected chi connectivity index (χ3v) is 8.06. The van der Waals surface area contributed by atoms with Crippen molar-refractivity contribution in [3.05, 3.63) is 27.9 Å². The van der Waals surface area contributed by atoms with Crippen molar-refractivity contribution in [3.8, 4) is 6.07 Å². The lowest BCUT2D eigenvalue weighted by atomic mass is 10.0. The quantitative estimate of drug-likeness (QED) is 0.237. The molecule has 176 valence electrons. The number of nitrogens with one attached hydrogen (secondary N) is 1. The summed E-state index contributed by atoms with van der Waals surface area (Å²) in [4.78, 5) is 42.8. The second kappa shape index (κ2) is 10.0. The predicted octanol–water partition coefficient (Wildman–Crippen LogP) is 0.346. The van der Waals surface area contributed by atoms with Crippen molar-refractivity contribution in [1.82, 2.24) is 35.4 Å². The molecule has 0 saturated carbocycles. The highest BCUT2D eigenvalue weighted by atomic mass is 35.5. The average molecular weight is 540 g/mol. The Kier molecular flexibility index (Phi) is 7.07. The number of β-lactam (4-membered cyclic amide) rings is 1.